The first-order valence-corrected chi connectivity index (χ1v) is 11.1. The Morgan fingerprint density at radius 2 is 1.97 bits per heavy atom. The topological polar surface area (TPSA) is 32.3 Å². The number of carbonyl (C=O) groups is 1. The summed E-state index contributed by atoms with van der Waals surface area (Å²) in [7, 11) is 0. The minimum Gasteiger partial charge on any atom is -0.378 e. The minimum absolute atomic E-state index is 0.179. The largest absolute Gasteiger partial charge is 0.378 e. The van der Waals surface area contributed by atoms with Crippen molar-refractivity contribution in [1.82, 2.24) is 4.90 Å². The van der Waals surface area contributed by atoms with Crippen LogP contribution in [0.25, 0.3) is 0 Å². The van der Waals surface area contributed by atoms with Crippen LogP contribution in [0.1, 0.15) is 66.1 Å². The van der Waals surface area contributed by atoms with Gasteiger partial charge in [0, 0.05) is 34.8 Å². The maximum absolute atomic E-state index is 13.2. The number of benzene rings is 2. The summed E-state index contributed by atoms with van der Waals surface area (Å²) in [5.41, 5.74) is 4.48. The highest BCUT2D eigenvalue weighted by atomic mass is 35.5. The third kappa shape index (κ3) is 3.36. The summed E-state index contributed by atoms with van der Waals surface area (Å²) in [5, 5.41) is 4.52. The lowest BCUT2D eigenvalue weighted by atomic mass is 9.76. The quantitative estimate of drug-likeness (QED) is 0.604. The molecule has 3 nitrogen and oxygen atoms in total. The number of halogens is 1. The van der Waals surface area contributed by atoms with Crippen LogP contribution in [0.15, 0.2) is 54.6 Å². The van der Waals surface area contributed by atoms with Gasteiger partial charge in [-0.25, -0.2) is 0 Å². The number of fused-ring (bicyclic) bond motifs is 3. The van der Waals surface area contributed by atoms with Gasteiger partial charge in [-0.15, -0.1) is 0 Å². The van der Waals surface area contributed by atoms with Crippen molar-refractivity contribution in [3.05, 3.63) is 76.3 Å². The van der Waals surface area contributed by atoms with Gasteiger partial charge in [0.1, 0.15) is 0 Å². The Morgan fingerprint density at radius 1 is 1.14 bits per heavy atom. The average molecular weight is 407 g/mol. The fraction of sp³-hybridized carbons (Fsp3) is 0.400. The van der Waals surface area contributed by atoms with Gasteiger partial charge in [-0.3, -0.25) is 4.79 Å². The van der Waals surface area contributed by atoms with Gasteiger partial charge < -0.3 is 10.2 Å². The van der Waals surface area contributed by atoms with Crippen LogP contribution in [-0.2, 0) is 0 Å². The van der Waals surface area contributed by atoms with Gasteiger partial charge in [0.25, 0.3) is 5.91 Å². The number of hydrogen-bond donors (Lipinski definition) is 1. The molecule has 1 fully saturated rings. The van der Waals surface area contributed by atoms with Crippen molar-refractivity contribution in [3.8, 4) is 0 Å². The van der Waals surface area contributed by atoms with Crippen LogP contribution < -0.4 is 5.32 Å². The van der Waals surface area contributed by atoms with E-state index < -0.39 is 0 Å². The predicted molar refractivity (Wildman–Crippen MR) is 119 cm³/mol. The summed E-state index contributed by atoms with van der Waals surface area (Å²) in [6, 6.07) is 15.0. The summed E-state index contributed by atoms with van der Waals surface area (Å²) >= 11 is 6.10. The fourth-order valence-corrected chi connectivity index (χ4v) is 5.42. The third-order valence-electron chi connectivity index (χ3n) is 6.90. The molecule has 0 bridgehead atoms. The van der Waals surface area contributed by atoms with Gasteiger partial charge >= 0.3 is 0 Å². The zero-order chi connectivity index (χ0) is 20.0. The Bertz CT molecular complexity index is 952. The Morgan fingerprint density at radius 3 is 2.76 bits per heavy atom. The van der Waals surface area contributed by atoms with E-state index in [1.807, 2.05) is 18.2 Å². The second-order valence-corrected chi connectivity index (χ2v) is 9.11. The zero-order valence-electron chi connectivity index (χ0n) is 16.8. The molecule has 2 aliphatic heterocycles. The number of amides is 1. The molecule has 4 heteroatoms. The van der Waals surface area contributed by atoms with E-state index in [1.54, 1.807) is 0 Å². The molecule has 1 amide bonds. The van der Waals surface area contributed by atoms with Gasteiger partial charge in [0.05, 0.1) is 6.04 Å². The van der Waals surface area contributed by atoms with Crippen molar-refractivity contribution < 1.29 is 4.79 Å². The van der Waals surface area contributed by atoms with E-state index in [9.17, 15) is 4.79 Å². The van der Waals surface area contributed by atoms with Crippen molar-refractivity contribution in [1.29, 1.82) is 0 Å². The molecule has 3 aliphatic rings. The van der Waals surface area contributed by atoms with Crippen LogP contribution in [0.4, 0.5) is 5.69 Å². The van der Waals surface area contributed by atoms with Gasteiger partial charge in [-0.1, -0.05) is 35.9 Å². The molecule has 0 radical (unpaired) electrons. The molecule has 0 spiro atoms. The second kappa shape index (κ2) is 7.53. The van der Waals surface area contributed by atoms with Crippen LogP contribution in [-0.4, -0.2) is 23.4 Å². The normalized spacial score (nSPS) is 27.9. The van der Waals surface area contributed by atoms with Crippen LogP contribution in [0, 0.1) is 5.92 Å². The first-order chi connectivity index (χ1) is 14.1. The van der Waals surface area contributed by atoms with Gasteiger partial charge in [-0.05, 0) is 80.0 Å². The van der Waals surface area contributed by atoms with Crippen LogP contribution >= 0.6 is 11.6 Å². The van der Waals surface area contributed by atoms with E-state index in [-0.39, 0.29) is 11.9 Å². The van der Waals surface area contributed by atoms with Gasteiger partial charge in [-0.2, -0.15) is 0 Å². The van der Waals surface area contributed by atoms with Gasteiger partial charge in [0.2, 0.25) is 0 Å². The first-order valence-electron chi connectivity index (χ1n) is 10.8. The van der Waals surface area contributed by atoms with Crippen LogP contribution in [0.5, 0.6) is 0 Å². The number of rotatable bonds is 2. The summed E-state index contributed by atoms with van der Waals surface area (Å²) in [6.45, 7) is 3.05. The molecule has 0 saturated carbocycles. The van der Waals surface area contributed by atoms with Gasteiger partial charge in [0.15, 0.2) is 0 Å². The molecule has 29 heavy (non-hydrogen) atoms. The van der Waals surface area contributed by atoms with E-state index in [1.165, 1.54) is 17.5 Å². The maximum atomic E-state index is 13.2. The van der Waals surface area contributed by atoms with Crippen molar-refractivity contribution >= 4 is 23.2 Å². The molecule has 1 aliphatic carbocycles. The highest BCUT2D eigenvalue weighted by Crippen LogP contribution is 2.50. The fourth-order valence-electron chi connectivity index (χ4n) is 5.29. The second-order valence-electron chi connectivity index (χ2n) is 8.67. The number of hydrogen-bond acceptors (Lipinski definition) is 2. The lowest BCUT2D eigenvalue weighted by Crippen LogP contribution is -2.42. The first kappa shape index (κ1) is 18.7. The molecule has 2 aromatic rings. The van der Waals surface area contributed by atoms with Crippen LogP contribution in [0.3, 0.4) is 0 Å². The monoisotopic (exact) mass is 406 g/mol. The highest BCUT2D eigenvalue weighted by molar-refractivity contribution is 6.30. The number of carbonyl (C=O) groups excluding carboxylic acids is 1. The van der Waals surface area contributed by atoms with E-state index >= 15 is 0 Å². The lowest BCUT2D eigenvalue weighted by Gasteiger charge is -2.38. The molecule has 1 N–H and O–H groups in total. The maximum Gasteiger partial charge on any atom is 0.254 e. The molecule has 2 aromatic carbocycles. The van der Waals surface area contributed by atoms with Crippen molar-refractivity contribution in [2.75, 3.05) is 11.9 Å². The van der Waals surface area contributed by atoms with E-state index in [2.05, 4.69) is 53.6 Å². The number of nitrogens with zero attached hydrogens (tertiary/aromatic N) is 1. The number of anilines is 1. The van der Waals surface area contributed by atoms with Crippen molar-refractivity contribution in [2.24, 2.45) is 5.92 Å². The zero-order valence-corrected chi connectivity index (χ0v) is 17.5. The van der Waals surface area contributed by atoms with Crippen LogP contribution in [0.2, 0.25) is 5.02 Å². The van der Waals surface area contributed by atoms with Crippen molar-refractivity contribution in [2.45, 2.75) is 50.6 Å². The molecule has 0 aromatic heterocycles. The average Bonchev–Trinajstić information content (AvgIpc) is 3.24. The Kier molecular flexibility index (Phi) is 4.87. The van der Waals surface area contributed by atoms with E-state index in [4.69, 9.17) is 11.6 Å². The SMILES string of the molecule is C[C@@H]1CCCCN1C(=O)c1ccc2c(c1)[C@@H]1C=CC[C@H]1[C@@H](c1ccc(Cl)cc1)N2. The Labute approximate surface area is 177 Å². The molecular weight excluding hydrogens is 380 g/mol. The number of piperidine rings is 1. The van der Waals surface area contributed by atoms with E-state index in [0.29, 0.717) is 17.9 Å². The summed E-state index contributed by atoms with van der Waals surface area (Å²) < 4.78 is 0. The molecule has 4 atom stereocenters. The summed E-state index contributed by atoms with van der Waals surface area (Å²) in [6.07, 6.45) is 9.10. The number of likely N-dealkylation sites (tertiary alicyclic amines) is 1. The number of allylic oxidation sites excluding steroid dienone is 2. The predicted octanol–water partition coefficient (Wildman–Crippen LogP) is 6.18. The molecule has 0 unspecified atom stereocenters. The number of nitrogens with one attached hydrogen (secondary N) is 1. The van der Waals surface area contributed by atoms with E-state index in [0.717, 1.165) is 42.1 Å². The molecule has 5 rings (SSSR count). The minimum atomic E-state index is 0.179. The lowest BCUT2D eigenvalue weighted by molar-refractivity contribution is 0.0635. The smallest absolute Gasteiger partial charge is 0.254 e. The molecule has 2 heterocycles. The molecule has 150 valence electrons. The summed E-state index contributed by atoms with van der Waals surface area (Å²) in [5.74, 6) is 0.986. The highest BCUT2D eigenvalue weighted by Gasteiger charge is 2.38. The standard InChI is InChI=1S/C25H27ClN2O/c1-16-5-2-3-14-28(16)25(29)18-10-13-23-22(15-18)20-6-4-7-21(20)24(27-23)17-8-11-19(26)12-9-17/h4,6,8-13,15-16,20-21,24,27H,2-3,5,7,14H2,1H3/t16-,20-,21-,24-/m1/s1. The Balaban J connectivity index is 1.47. The Hall–Kier alpha value is -2.26. The van der Waals surface area contributed by atoms with Crippen molar-refractivity contribution in [3.63, 3.8) is 0 Å². The third-order valence-corrected chi connectivity index (χ3v) is 7.15. The molecular formula is C25H27ClN2O. The summed E-state index contributed by atoms with van der Waals surface area (Å²) in [4.78, 5) is 15.2. The molecule has 1 saturated heterocycles.